The first-order chi connectivity index (χ1) is 6.28. The molecular formula is C11H19NO. The molecule has 2 N–H and O–H groups in total. The fraction of sp³-hybridized carbons (Fsp3) is 0.455. The van der Waals surface area contributed by atoms with Crippen LogP contribution in [-0.4, -0.2) is 24.3 Å². The van der Waals surface area contributed by atoms with Crippen molar-refractivity contribution in [3.8, 4) is 0 Å². The largest absolute Gasteiger partial charge is 0.395 e. The molecule has 13 heavy (non-hydrogen) atoms. The Morgan fingerprint density at radius 1 is 1.54 bits per heavy atom. The highest BCUT2D eigenvalue weighted by atomic mass is 16.3. The highest BCUT2D eigenvalue weighted by Crippen LogP contribution is 2.06. The predicted molar refractivity (Wildman–Crippen MR) is 57.6 cm³/mol. The maximum atomic E-state index is 9.02. The lowest BCUT2D eigenvalue weighted by Gasteiger charge is -2.14. The van der Waals surface area contributed by atoms with Gasteiger partial charge in [-0.25, -0.2) is 0 Å². The standard InChI is InChI=1S/C11H19NO/c1-4-7-10(5-2)8-11(9-13)12-6-3/h4-5,7,11-13H,1-2,6,8-9H2,3H3/b10-7+. The summed E-state index contributed by atoms with van der Waals surface area (Å²) in [5.41, 5.74) is 1.09. The van der Waals surface area contributed by atoms with Gasteiger partial charge in [0.15, 0.2) is 0 Å². The van der Waals surface area contributed by atoms with Crippen LogP contribution in [0.25, 0.3) is 0 Å². The van der Waals surface area contributed by atoms with Gasteiger partial charge in [0.25, 0.3) is 0 Å². The Bertz CT molecular complexity index is 185. The third-order valence-corrected chi connectivity index (χ3v) is 1.79. The number of likely N-dealkylation sites (N-methyl/N-ethyl adjacent to an activating group) is 1. The fourth-order valence-corrected chi connectivity index (χ4v) is 1.15. The van der Waals surface area contributed by atoms with E-state index in [1.807, 2.05) is 13.0 Å². The SMILES string of the molecule is C=C/C=C(\C=C)CC(CO)NCC. The van der Waals surface area contributed by atoms with E-state index in [1.165, 1.54) is 0 Å². The summed E-state index contributed by atoms with van der Waals surface area (Å²) in [6.45, 7) is 10.4. The topological polar surface area (TPSA) is 32.3 Å². The van der Waals surface area contributed by atoms with Crippen molar-refractivity contribution in [3.05, 3.63) is 37.0 Å². The minimum Gasteiger partial charge on any atom is -0.395 e. The van der Waals surface area contributed by atoms with Crippen molar-refractivity contribution >= 4 is 0 Å². The average molecular weight is 181 g/mol. The van der Waals surface area contributed by atoms with Crippen molar-refractivity contribution < 1.29 is 5.11 Å². The maximum Gasteiger partial charge on any atom is 0.0587 e. The van der Waals surface area contributed by atoms with Crippen molar-refractivity contribution in [3.63, 3.8) is 0 Å². The summed E-state index contributed by atoms with van der Waals surface area (Å²) in [6, 6.07) is 0.120. The summed E-state index contributed by atoms with van der Waals surface area (Å²) in [5.74, 6) is 0. The Balaban J connectivity index is 4.10. The van der Waals surface area contributed by atoms with E-state index in [-0.39, 0.29) is 12.6 Å². The zero-order valence-corrected chi connectivity index (χ0v) is 8.29. The molecule has 1 unspecified atom stereocenters. The van der Waals surface area contributed by atoms with Crippen molar-refractivity contribution in [1.29, 1.82) is 0 Å². The molecule has 0 rings (SSSR count). The van der Waals surface area contributed by atoms with Crippen molar-refractivity contribution in [2.45, 2.75) is 19.4 Å². The van der Waals surface area contributed by atoms with Crippen LogP contribution in [0.15, 0.2) is 37.0 Å². The van der Waals surface area contributed by atoms with Crippen molar-refractivity contribution in [1.82, 2.24) is 5.32 Å². The van der Waals surface area contributed by atoms with E-state index < -0.39 is 0 Å². The second-order valence-electron chi connectivity index (χ2n) is 2.82. The highest BCUT2D eigenvalue weighted by molar-refractivity contribution is 5.21. The first-order valence-electron chi connectivity index (χ1n) is 4.56. The Labute approximate surface area is 80.7 Å². The molecule has 0 radical (unpaired) electrons. The van der Waals surface area contributed by atoms with Crippen molar-refractivity contribution in [2.24, 2.45) is 0 Å². The second kappa shape index (κ2) is 7.77. The molecule has 74 valence electrons. The van der Waals surface area contributed by atoms with E-state index in [0.29, 0.717) is 0 Å². The van der Waals surface area contributed by atoms with Crippen molar-refractivity contribution in [2.75, 3.05) is 13.2 Å². The summed E-state index contributed by atoms with van der Waals surface area (Å²) in [5, 5.41) is 12.2. The van der Waals surface area contributed by atoms with Crippen LogP contribution in [-0.2, 0) is 0 Å². The molecule has 0 saturated carbocycles. The van der Waals surface area contributed by atoms with Crippen LogP contribution < -0.4 is 5.32 Å². The molecule has 0 heterocycles. The zero-order chi connectivity index (χ0) is 10.1. The summed E-state index contributed by atoms with van der Waals surface area (Å²) >= 11 is 0. The van der Waals surface area contributed by atoms with Crippen LogP contribution in [0.1, 0.15) is 13.3 Å². The molecule has 0 bridgehead atoms. The van der Waals surface area contributed by atoms with E-state index in [2.05, 4.69) is 18.5 Å². The maximum absolute atomic E-state index is 9.02. The van der Waals surface area contributed by atoms with Crippen LogP contribution in [0.4, 0.5) is 0 Å². The summed E-state index contributed by atoms with van der Waals surface area (Å²) in [7, 11) is 0. The molecule has 0 aromatic carbocycles. The Morgan fingerprint density at radius 3 is 2.62 bits per heavy atom. The molecule has 0 saturated heterocycles. The molecule has 0 aliphatic carbocycles. The Kier molecular flexibility index (Phi) is 7.26. The van der Waals surface area contributed by atoms with Crippen LogP contribution in [0, 0.1) is 0 Å². The van der Waals surface area contributed by atoms with E-state index >= 15 is 0 Å². The van der Waals surface area contributed by atoms with Crippen LogP contribution in [0.2, 0.25) is 0 Å². The first-order valence-corrected chi connectivity index (χ1v) is 4.56. The molecule has 0 aliphatic heterocycles. The zero-order valence-electron chi connectivity index (χ0n) is 8.29. The van der Waals surface area contributed by atoms with Gasteiger partial charge in [0.1, 0.15) is 0 Å². The van der Waals surface area contributed by atoms with Gasteiger partial charge in [0, 0.05) is 6.04 Å². The summed E-state index contributed by atoms with van der Waals surface area (Å²) in [6.07, 6.45) is 6.23. The number of rotatable bonds is 7. The molecule has 0 aromatic heterocycles. The van der Waals surface area contributed by atoms with Crippen LogP contribution in [0.3, 0.4) is 0 Å². The van der Waals surface area contributed by atoms with Gasteiger partial charge in [0.05, 0.1) is 6.61 Å². The van der Waals surface area contributed by atoms with Gasteiger partial charge in [-0.15, -0.1) is 0 Å². The minimum atomic E-state index is 0.120. The molecule has 2 heteroatoms. The normalized spacial score (nSPS) is 13.8. The minimum absolute atomic E-state index is 0.120. The summed E-state index contributed by atoms with van der Waals surface area (Å²) < 4.78 is 0. The van der Waals surface area contributed by atoms with Gasteiger partial charge in [-0.3, -0.25) is 0 Å². The number of nitrogens with one attached hydrogen (secondary N) is 1. The molecule has 0 aromatic rings. The van der Waals surface area contributed by atoms with Gasteiger partial charge in [-0.1, -0.05) is 38.3 Å². The van der Waals surface area contributed by atoms with Gasteiger partial charge in [-0.2, -0.15) is 0 Å². The third-order valence-electron chi connectivity index (χ3n) is 1.79. The lowest BCUT2D eigenvalue weighted by atomic mass is 10.1. The Hall–Kier alpha value is -0.860. The second-order valence-corrected chi connectivity index (χ2v) is 2.82. The van der Waals surface area contributed by atoms with E-state index in [4.69, 9.17) is 5.11 Å². The smallest absolute Gasteiger partial charge is 0.0587 e. The van der Waals surface area contributed by atoms with Gasteiger partial charge < -0.3 is 10.4 Å². The predicted octanol–water partition coefficient (Wildman–Crippen LogP) is 1.65. The number of hydrogen-bond acceptors (Lipinski definition) is 2. The van der Waals surface area contributed by atoms with E-state index in [0.717, 1.165) is 18.5 Å². The molecule has 0 spiro atoms. The first kappa shape index (κ1) is 12.1. The molecule has 0 amide bonds. The Morgan fingerprint density at radius 2 is 2.23 bits per heavy atom. The molecule has 2 nitrogen and oxygen atoms in total. The fourth-order valence-electron chi connectivity index (χ4n) is 1.15. The number of hydrogen-bond donors (Lipinski definition) is 2. The van der Waals surface area contributed by atoms with Gasteiger partial charge >= 0.3 is 0 Å². The number of allylic oxidation sites excluding steroid dienone is 3. The van der Waals surface area contributed by atoms with E-state index in [1.54, 1.807) is 12.2 Å². The lowest BCUT2D eigenvalue weighted by Crippen LogP contribution is -2.32. The monoisotopic (exact) mass is 181 g/mol. The number of aliphatic hydroxyl groups excluding tert-OH is 1. The lowest BCUT2D eigenvalue weighted by molar-refractivity contribution is 0.244. The average Bonchev–Trinajstić information content (AvgIpc) is 2.16. The molecule has 1 atom stereocenters. The van der Waals surface area contributed by atoms with Crippen LogP contribution in [0.5, 0.6) is 0 Å². The third kappa shape index (κ3) is 5.39. The van der Waals surface area contributed by atoms with Crippen LogP contribution >= 0.6 is 0 Å². The van der Waals surface area contributed by atoms with Gasteiger partial charge in [-0.05, 0) is 18.5 Å². The highest BCUT2D eigenvalue weighted by Gasteiger charge is 2.05. The molecule has 0 fully saturated rings. The quantitative estimate of drug-likeness (QED) is 0.585. The molecular weight excluding hydrogens is 162 g/mol. The number of aliphatic hydroxyl groups is 1. The van der Waals surface area contributed by atoms with E-state index in [9.17, 15) is 0 Å². The molecule has 0 aliphatic rings. The summed E-state index contributed by atoms with van der Waals surface area (Å²) in [4.78, 5) is 0. The van der Waals surface area contributed by atoms with Gasteiger partial charge in [0.2, 0.25) is 0 Å².